The molecular formula is C22H25N3O3. The van der Waals surface area contributed by atoms with E-state index in [0.29, 0.717) is 24.9 Å². The molecule has 6 nitrogen and oxygen atoms in total. The van der Waals surface area contributed by atoms with Crippen LogP contribution >= 0.6 is 0 Å². The summed E-state index contributed by atoms with van der Waals surface area (Å²) in [5, 5.41) is 6.35. The maximum Gasteiger partial charge on any atom is 0.263 e. The second-order valence-electron chi connectivity index (χ2n) is 8.14. The number of para-hydroxylation sites is 1. The number of rotatable bonds is 3. The average Bonchev–Trinajstić information content (AvgIpc) is 2.73. The molecule has 1 aromatic carbocycles. The van der Waals surface area contributed by atoms with Crippen LogP contribution in [0, 0.1) is 5.92 Å². The van der Waals surface area contributed by atoms with Crippen LogP contribution in [0.1, 0.15) is 40.4 Å². The molecule has 5 rings (SSSR count). The topological polar surface area (TPSA) is 72.4 Å². The van der Waals surface area contributed by atoms with Gasteiger partial charge >= 0.3 is 0 Å². The van der Waals surface area contributed by atoms with Crippen LogP contribution in [-0.4, -0.2) is 36.2 Å². The molecule has 1 saturated heterocycles. The smallest absolute Gasteiger partial charge is 0.263 e. The lowest BCUT2D eigenvalue weighted by Crippen LogP contribution is -2.46. The SMILES string of the molecule is O=C(NC[C@H]1CCc2ccccc2O1)c1ccc2n(c1=O)C[C@@H]1CNC[C@H]2C1. The summed E-state index contributed by atoms with van der Waals surface area (Å²) in [5.74, 6) is 1.42. The van der Waals surface area contributed by atoms with E-state index in [1.54, 1.807) is 6.07 Å². The standard InChI is InChI=1S/C22H25N3O3/c26-21(24-12-17-6-5-15-3-1-2-4-20(15)28-17)18-7-8-19-16-9-14(10-23-11-16)13-25(19)22(18)27/h1-4,7-8,14,16-17,23H,5-6,9-13H2,(H,24,26)/t14-,16+,17+/m0/s1. The van der Waals surface area contributed by atoms with E-state index in [4.69, 9.17) is 4.74 Å². The highest BCUT2D eigenvalue weighted by Gasteiger charge is 2.32. The van der Waals surface area contributed by atoms with E-state index in [2.05, 4.69) is 16.7 Å². The van der Waals surface area contributed by atoms with E-state index in [1.807, 2.05) is 28.8 Å². The highest BCUT2D eigenvalue weighted by Crippen LogP contribution is 2.31. The van der Waals surface area contributed by atoms with Crippen molar-refractivity contribution in [1.82, 2.24) is 15.2 Å². The number of benzene rings is 1. The van der Waals surface area contributed by atoms with Crippen LogP contribution < -0.4 is 20.9 Å². The van der Waals surface area contributed by atoms with Crippen LogP contribution in [0.2, 0.25) is 0 Å². The number of pyridine rings is 1. The Balaban J connectivity index is 1.29. The van der Waals surface area contributed by atoms with Gasteiger partial charge in [-0.05, 0) is 55.5 Å². The molecular weight excluding hydrogens is 354 g/mol. The summed E-state index contributed by atoms with van der Waals surface area (Å²) in [7, 11) is 0. The Morgan fingerprint density at radius 3 is 3.04 bits per heavy atom. The van der Waals surface area contributed by atoms with E-state index in [1.165, 1.54) is 5.56 Å². The van der Waals surface area contributed by atoms with Gasteiger partial charge in [-0.1, -0.05) is 18.2 Å². The second kappa shape index (κ2) is 7.09. The minimum Gasteiger partial charge on any atom is -0.488 e. The van der Waals surface area contributed by atoms with Gasteiger partial charge in [0.1, 0.15) is 17.4 Å². The number of fused-ring (bicyclic) bond motifs is 5. The lowest BCUT2D eigenvalue weighted by atomic mass is 9.84. The second-order valence-corrected chi connectivity index (χ2v) is 8.14. The van der Waals surface area contributed by atoms with Crippen LogP contribution in [0.15, 0.2) is 41.2 Å². The molecule has 146 valence electrons. The zero-order valence-electron chi connectivity index (χ0n) is 15.8. The van der Waals surface area contributed by atoms with Crippen LogP contribution in [-0.2, 0) is 13.0 Å². The Morgan fingerprint density at radius 1 is 1.21 bits per heavy atom. The number of nitrogens with one attached hydrogen (secondary N) is 2. The van der Waals surface area contributed by atoms with Crippen molar-refractivity contribution in [1.29, 1.82) is 0 Å². The molecule has 28 heavy (non-hydrogen) atoms. The number of piperidine rings is 1. The lowest BCUT2D eigenvalue weighted by Gasteiger charge is -2.37. The van der Waals surface area contributed by atoms with Crippen molar-refractivity contribution in [3.63, 3.8) is 0 Å². The summed E-state index contributed by atoms with van der Waals surface area (Å²) in [6.45, 7) is 2.95. The van der Waals surface area contributed by atoms with Crippen LogP contribution in [0.3, 0.4) is 0 Å². The number of carbonyl (C=O) groups is 1. The third-order valence-corrected chi connectivity index (χ3v) is 6.25. The Kier molecular flexibility index (Phi) is 4.43. The molecule has 0 unspecified atom stereocenters. The Bertz CT molecular complexity index is 968. The van der Waals surface area contributed by atoms with Gasteiger partial charge in [0.05, 0.1) is 6.54 Å². The van der Waals surface area contributed by atoms with Crippen molar-refractivity contribution >= 4 is 5.91 Å². The summed E-state index contributed by atoms with van der Waals surface area (Å²) in [6.07, 6.45) is 2.86. The molecule has 2 N–H and O–H groups in total. The minimum atomic E-state index is -0.309. The number of hydrogen-bond donors (Lipinski definition) is 2. The van der Waals surface area contributed by atoms with E-state index in [9.17, 15) is 9.59 Å². The summed E-state index contributed by atoms with van der Waals surface area (Å²) in [5.41, 5.74) is 2.32. The van der Waals surface area contributed by atoms with E-state index >= 15 is 0 Å². The molecule has 0 radical (unpaired) electrons. The predicted octanol–water partition coefficient (Wildman–Crippen LogP) is 1.68. The maximum atomic E-state index is 13.0. The van der Waals surface area contributed by atoms with E-state index in [0.717, 1.165) is 43.8 Å². The van der Waals surface area contributed by atoms with Gasteiger partial charge in [0.2, 0.25) is 0 Å². The fraction of sp³-hybridized carbons (Fsp3) is 0.455. The molecule has 0 saturated carbocycles. The first-order valence-electron chi connectivity index (χ1n) is 10.2. The largest absolute Gasteiger partial charge is 0.488 e. The molecule has 6 heteroatoms. The molecule has 3 aliphatic rings. The van der Waals surface area contributed by atoms with Crippen molar-refractivity contribution in [2.45, 2.75) is 37.8 Å². The van der Waals surface area contributed by atoms with Crippen molar-refractivity contribution in [2.75, 3.05) is 19.6 Å². The van der Waals surface area contributed by atoms with Gasteiger partial charge in [-0.2, -0.15) is 0 Å². The van der Waals surface area contributed by atoms with Gasteiger partial charge in [0.15, 0.2) is 0 Å². The fourth-order valence-electron chi connectivity index (χ4n) is 4.79. The van der Waals surface area contributed by atoms with Crippen molar-refractivity contribution in [2.24, 2.45) is 5.92 Å². The van der Waals surface area contributed by atoms with Crippen LogP contribution in [0.5, 0.6) is 5.75 Å². The van der Waals surface area contributed by atoms with Gasteiger partial charge in [0, 0.05) is 24.7 Å². The van der Waals surface area contributed by atoms with Gasteiger partial charge < -0.3 is 19.9 Å². The normalized spacial score (nSPS) is 25.2. The first-order valence-corrected chi connectivity index (χ1v) is 10.2. The number of nitrogens with zero attached hydrogens (tertiary/aromatic N) is 1. The molecule has 2 aromatic rings. The number of hydrogen-bond acceptors (Lipinski definition) is 4. The number of aryl methyl sites for hydroxylation is 1. The molecule has 1 aromatic heterocycles. The van der Waals surface area contributed by atoms with E-state index in [-0.39, 0.29) is 23.1 Å². The maximum absolute atomic E-state index is 13.0. The Morgan fingerprint density at radius 2 is 2.11 bits per heavy atom. The quantitative estimate of drug-likeness (QED) is 0.851. The van der Waals surface area contributed by atoms with Gasteiger partial charge in [-0.25, -0.2) is 0 Å². The molecule has 3 atom stereocenters. The Hall–Kier alpha value is -2.60. The zero-order valence-corrected chi connectivity index (χ0v) is 15.8. The molecule has 0 spiro atoms. The third-order valence-electron chi connectivity index (χ3n) is 6.25. The molecule has 1 fully saturated rings. The zero-order chi connectivity index (χ0) is 19.1. The molecule has 4 heterocycles. The van der Waals surface area contributed by atoms with Gasteiger partial charge in [-0.3, -0.25) is 9.59 Å². The summed E-state index contributed by atoms with van der Waals surface area (Å²) in [6, 6.07) is 11.7. The summed E-state index contributed by atoms with van der Waals surface area (Å²) in [4.78, 5) is 25.6. The van der Waals surface area contributed by atoms with Gasteiger partial charge in [-0.15, -0.1) is 0 Å². The van der Waals surface area contributed by atoms with Crippen molar-refractivity contribution in [3.05, 3.63) is 63.6 Å². The van der Waals surface area contributed by atoms with Crippen molar-refractivity contribution in [3.8, 4) is 5.75 Å². The predicted molar refractivity (Wildman–Crippen MR) is 106 cm³/mol. The van der Waals surface area contributed by atoms with Gasteiger partial charge in [0.25, 0.3) is 11.5 Å². The molecule has 2 bridgehead atoms. The first kappa shape index (κ1) is 17.5. The van der Waals surface area contributed by atoms with Crippen LogP contribution in [0.25, 0.3) is 0 Å². The highest BCUT2D eigenvalue weighted by molar-refractivity contribution is 5.93. The molecule has 3 aliphatic heterocycles. The third kappa shape index (κ3) is 3.11. The minimum absolute atomic E-state index is 0.0651. The molecule has 0 aliphatic carbocycles. The summed E-state index contributed by atoms with van der Waals surface area (Å²) < 4.78 is 7.81. The lowest BCUT2D eigenvalue weighted by molar-refractivity contribution is 0.0915. The number of aromatic nitrogens is 1. The Labute approximate surface area is 163 Å². The first-order chi connectivity index (χ1) is 13.7. The molecule has 1 amide bonds. The average molecular weight is 379 g/mol. The van der Waals surface area contributed by atoms with Crippen LogP contribution in [0.4, 0.5) is 0 Å². The summed E-state index contributed by atoms with van der Waals surface area (Å²) >= 11 is 0. The highest BCUT2D eigenvalue weighted by atomic mass is 16.5. The van der Waals surface area contributed by atoms with E-state index < -0.39 is 0 Å². The number of carbonyl (C=O) groups excluding carboxylic acids is 1. The fourth-order valence-corrected chi connectivity index (χ4v) is 4.79. The van der Waals surface area contributed by atoms with Crippen molar-refractivity contribution < 1.29 is 9.53 Å². The number of amides is 1. The number of ether oxygens (including phenoxy) is 1. The monoisotopic (exact) mass is 379 g/mol.